The van der Waals surface area contributed by atoms with Gasteiger partial charge in [-0.15, -0.1) is 0 Å². The molecule has 1 amide bonds. The van der Waals surface area contributed by atoms with E-state index in [2.05, 4.69) is 26.0 Å². The summed E-state index contributed by atoms with van der Waals surface area (Å²) in [5, 5.41) is 2.58. The van der Waals surface area contributed by atoms with Crippen LogP contribution in [0, 0.1) is 0 Å². The number of amides is 1. The lowest BCUT2D eigenvalue weighted by molar-refractivity contribution is -0.114. The standard InChI is InChI=1S/C16H15BrN2O5S/c1-10(20)18-11-2-4-12(5-3-11)25(21,22)19-14-9-16-15(8-13(14)17)23-6-7-24-16/h2-5,8-9,19H,6-7H2,1H3,(H,18,20). The number of anilines is 2. The number of hydrogen-bond donors (Lipinski definition) is 2. The first-order chi connectivity index (χ1) is 11.8. The summed E-state index contributed by atoms with van der Waals surface area (Å²) in [6, 6.07) is 9.11. The summed E-state index contributed by atoms with van der Waals surface area (Å²) < 4.78 is 39.1. The van der Waals surface area contributed by atoms with Crippen molar-refractivity contribution in [2.45, 2.75) is 11.8 Å². The lowest BCUT2D eigenvalue weighted by Crippen LogP contribution is -2.17. The molecule has 0 bridgehead atoms. The van der Waals surface area contributed by atoms with Gasteiger partial charge in [0.05, 0.1) is 10.6 Å². The zero-order valence-corrected chi connectivity index (χ0v) is 15.6. The van der Waals surface area contributed by atoms with Gasteiger partial charge in [-0.1, -0.05) is 0 Å². The lowest BCUT2D eigenvalue weighted by atomic mass is 10.2. The molecule has 0 radical (unpaired) electrons. The molecule has 0 fully saturated rings. The molecule has 0 atom stereocenters. The minimum Gasteiger partial charge on any atom is -0.486 e. The van der Waals surface area contributed by atoms with Crippen LogP contribution in [-0.4, -0.2) is 27.5 Å². The first-order valence-corrected chi connectivity index (χ1v) is 9.62. The predicted molar refractivity (Wildman–Crippen MR) is 96.7 cm³/mol. The van der Waals surface area contributed by atoms with Crippen molar-refractivity contribution in [2.24, 2.45) is 0 Å². The molecule has 7 nitrogen and oxygen atoms in total. The number of fused-ring (bicyclic) bond motifs is 1. The molecular formula is C16H15BrN2O5S. The van der Waals surface area contributed by atoms with Gasteiger partial charge >= 0.3 is 0 Å². The Morgan fingerprint density at radius 3 is 2.28 bits per heavy atom. The van der Waals surface area contributed by atoms with Crippen LogP contribution in [0.2, 0.25) is 0 Å². The molecule has 2 aromatic carbocycles. The second kappa shape index (κ2) is 6.93. The minimum atomic E-state index is -3.80. The molecule has 2 aromatic rings. The van der Waals surface area contributed by atoms with Crippen molar-refractivity contribution in [3.8, 4) is 11.5 Å². The summed E-state index contributed by atoms with van der Waals surface area (Å²) in [6.07, 6.45) is 0. The van der Waals surface area contributed by atoms with E-state index in [-0.39, 0.29) is 10.8 Å². The highest BCUT2D eigenvalue weighted by molar-refractivity contribution is 9.10. The van der Waals surface area contributed by atoms with Crippen molar-refractivity contribution < 1.29 is 22.7 Å². The zero-order valence-electron chi connectivity index (χ0n) is 13.2. The minimum absolute atomic E-state index is 0.0726. The maximum Gasteiger partial charge on any atom is 0.261 e. The van der Waals surface area contributed by atoms with Crippen LogP contribution in [0.15, 0.2) is 45.8 Å². The van der Waals surface area contributed by atoms with Crippen LogP contribution < -0.4 is 19.5 Å². The van der Waals surface area contributed by atoms with Gasteiger partial charge in [0.15, 0.2) is 11.5 Å². The highest BCUT2D eigenvalue weighted by Gasteiger charge is 2.20. The van der Waals surface area contributed by atoms with E-state index in [0.29, 0.717) is 40.6 Å². The average molecular weight is 427 g/mol. The van der Waals surface area contributed by atoms with E-state index >= 15 is 0 Å². The van der Waals surface area contributed by atoms with Gasteiger partial charge in [0, 0.05) is 29.2 Å². The smallest absolute Gasteiger partial charge is 0.261 e. The van der Waals surface area contributed by atoms with Crippen LogP contribution >= 0.6 is 15.9 Å². The van der Waals surface area contributed by atoms with Crippen LogP contribution in [0.1, 0.15) is 6.92 Å². The Morgan fingerprint density at radius 1 is 1.08 bits per heavy atom. The third-order valence-electron chi connectivity index (χ3n) is 3.36. The second-order valence-corrected chi connectivity index (χ2v) is 7.82. The summed E-state index contributed by atoms with van der Waals surface area (Å²) >= 11 is 3.33. The van der Waals surface area contributed by atoms with Gasteiger partial charge in [-0.05, 0) is 40.2 Å². The van der Waals surface area contributed by atoms with E-state index in [1.807, 2.05) is 0 Å². The third kappa shape index (κ3) is 4.05. The SMILES string of the molecule is CC(=O)Nc1ccc(S(=O)(=O)Nc2cc3c(cc2Br)OCCO3)cc1. The van der Waals surface area contributed by atoms with Crippen molar-refractivity contribution in [2.75, 3.05) is 23.3 Å². The molecule has 25 heavy (non-hydrogen) atoms. The van der Waals surface area contributed by atoms with Crippen molar-refractivity contribution >= 4 is 43.2 Å². The fourth-order valence-corrected chi connectivity index (χ4v) is 3.89. The van der Waals surface area contributed by atoms with Gasteiger partial charge in [-0.25, -0.2) is 8.42 Å². The highest BCUT2D eigenvalue weighted by atomic mass is 79.9. The molecule has 0 aromatic heterocycles. The Balaban J connectivity index is 1.85. The molecule has 9 heteroatoms. The van der Waals surface area contributed by atoms with Crippen molar-refractivity contribution in [1.29, 1.82) is 0 Å². The monoisotopic (exact) mass is 426 g/mol. The first kappa shape index (κ1) is 17.6. The molecule has 0 unspecified atom stereocenters. The number of carbonyl (C=O) groups excluding carboxylic acids is 1. The number of rotatable bonds is 4. The quantitative estimate of drug-likeness (QED) is 0.783. The fraction of sp³-hybridized carbons (Fsp3) is 0.188. The van der Waals surface area contributed by atoms with E-state index in [1.165, 1.54) is 31.2 Å². The van der Waals surface area contributed by atoms with Gasteiger partial charge in [0.1, 0.15) is 13.2 Å². The molecule has 0 spiro atoms. The Kier molecular flexibility index (Phi) is 4.87. The van der Waals surface area contributed by atoms with Gasteiger partial charge in [0.2, 0.25) is 5.91 Å². The normalized spacial score (nSPS) is 13.2. The average Bonchev–Trinajstić information content (AvgIpc) is 2.55. The molecule has 3 rings (SSSR count). The van der Waals surface area contributed by atoms with Crippen LogP contribution in [0.25, 0.3) is 0 Å². The number of hydrogen-bond acceptors (Lipinski definition) is 5. The van der Waals surface area contributed by atoms with E-state index in [4.69, 9.17) is 9.47 Å². The van der Waals surface area contributed by atoms with E-state index in [9.17, 15) is 13.2 Å². The summed E-state index contributed by atoms with van der Waals surface area (Å²) in [5.74, 6) is 0.808. The molecular weight excluding hydrogens is 412 g/mol. The zero-order chi connectivity index (χ0) is 18.0. The second-order valence-electron chi connectivity index (χ2n) is 5.29. The van der Waals surface area contributed by atoms with E-state index in [0.717, 1.165) is 0 Å². The number of halogens is 1. The maximum absolute atomic E-state index is 12.6. The van der Waals surface area contributed by atoms with Gasteiger partial charge in [-0.3, -0.25) is 9.52 Å². The number of nitrogens with one attached hydrogen (secondary N) is 2. The van der Waals surface area contributed by atoms with Crippen LogP contribution in [0.5, 0.6) is 11.5 Å². The Hall–Kier alpha value is -2.26. The lowest BCUT2D eigenvalue weighted by Gasteiger charge is -2.20. The van der Waals surface area contributed by atoms with Crippen LogP contribution in [0.4, 0.5) is 11.4 Å². The maximum atomic E-state index is 12.6. The molecule has 132 valence electrons. The number of ether oxygens (including phenoxy) is 2. The molecule has 0 aliphatic carbocycles. The molecule has 1 aliphatic heterocycles. The first-order valence-electron chi connectivity index (χ1n) is 7.35. The van der Waals surface area contributed by atoms with Crippen molar-refractivity contribution in [3.63, 3.8) is 0 Å². The van der Waals surface area contributed by atoms with Gasteiger partial charge in [-0.2, -0.15) is 0 Å². The van der Waals surface area contributed by atoms with Crippen molar-refractivity contribution in [3.05, 3.63) is 40.9 Å². The predicted octanol–water partition coefficient (Wildman–Crippen LogP) is 2.98. The Labute approximate surface area is 153 Å². The highest BCUT2D eigenvalue weighted by Crippen LogP contribution is 2.38. The van der Waals surface area contributed by atoms with Gasteiger partial charge in [0.25, 0.3) is 10.0 Å². The number of carbonyl (C=O) groups is 1. The molecule has 1 heterocycles. The Bertz CT molecular complexity index is 913. The fourth-order valence-electron chi connectivity index (χ4n) is 2.27. The molecule has 0 saturated heterocycles. The van der Waals surface area contributed by atoms with Gasteiger partial charge < -0.3 is 14.8 Å². The number of sulfonamides is 1. The summed E-state index contributed by atoms with van der Waals surface area (Å²) in [5.41, 5.74) is 0.863. The van der Waals surface area contributed by atoms with Crippen LogP contribution in [0.3, 0.4) is 0 Å². The van der Waals surface area contributed by atoms with Crippen molar-refractivity contribution in [1.82, 2.24) is 0 Å². The Morgan fingerprint density at radius 2 is 1.68 bits per heavy atom. The summed E-state index contributed by atoms with van der Waals surface area (Å²) in [4.78, 5) is 11.1. The largest absolute Gasteiger partial charge is 0.486 e. The summed E-state index contributed by atoms with van der Waals surface area (Å²) in [6.45, 7) is 2.24. The number of benzene rings is 2. The topological polar surface area (TPSA) is 93.7 Å². The van der Waals surface area contributed by atoms with E-state index in [1.54, 1.807) is 12.1 Å². The third-order valence-corrected chi connectivity index (χ3v) is 5.40. The van der Waals surface area contributed by atoms with E-state index < -0.39 is 10.0 Å². The summed E-state index contributed by atoms with van der Waals surface area (Å²) in [7, 11) is -3.80. The molecule has 0 saturated carbocycles. The molecule has 2 N–H and O–H groups in total. The molecule has 1 aliphatic rings. The van der Waals surface area contributed by atoms with Crippen LogP contribution in [-0.2, 0) is 14.8 Å².